The molecule has 0 unspecified atom stereocenters. The average Bonchev–Trinajstić information content (AvgIpc) is 2.85. The van der Waals surface area contributed by atoms with E-state index in [9.17, 15) is 4.39 Å². The lowest BCUT2D eigenvalue weighted by Crippen LogP contribution is -2.03. The lowest BCUT2D eigenvalue weighted by Gasteiger charge is -2.07. The van der Waals surface area contributed by atoms with Crippen molar-refractivity contribution in [3.05, 3.63) is 35.3 Å². The van der Waals surface area contributed by atoms with Crippen molar-refractivity contribution in [1.82, 2.24) is 9.59 Å². The maximum absolute atomic E-state index is 13.1. The van der Waals surface area contributed by atoms with Crippen LogP contribution < -0.4 is 10.1 Å². The number of halogens is 1. The van der Waals surface area contributed by atoms with Crippen LogP contribution in [0.15, 0.2) is 18.2 Å². The molecular formula is C13H16FN3OS. The molecule has 0 radical (unpaired) electrons. The summed E-state index contributed by atoms with van der Waals surface area (Å²) < 4.78 is 22.6. The van der Waals surface area contributed by atoms with Gasteiger partial charge < -0.3 is 10.1 Å². The standard InChI is InChI=1S/C13H16FN3OS/c1-3-6-15-13-12(16-17-19-13)8-18-10-4-5-11(14)9(2)7-10/h4-5,7,15H,3,6,8H2,1-2H3. The highest BCUT2D eigenvalue weighted by Crippen LogP contribution is 2.21. The van der Waals surface area contributed by atoms with Gasteiger partial charge in [-0.15, -0.1) is 5.10 Å². The van der Waals surface area contributed by atoms with Crippen molar-refractivity contribution in [2.75, 3.05) is 11.9 Å². The summed E-state index contributed by atoms with van der Waals surface area (Å²) in [5, 5.41) is 8.22. The quantitative estimate of drug-likeness (QED) is 0.881. The Balaban J connectivity index is 1.98. The number of hydrogen-bond donors (Lipinski definition) is 1. The van der Waals surface area contributed by atoms with Crippen molar-refractivity contribution in [3.8, 4) is 5.75 Å². The highest BCUT2D eigenvalue weighted by molar-refractivity contribution is 7.10. The summed E-state index contributed by atoms with van der Waals surface area (Å²) in [4.78, 5) is 0. The Kier molecular flexibility index (Phi) is 4.68. The maximum Gasteiger partial charge on any atom is 0.136 e. The fourth-order valence-corrected chi connectivity index (χ4v) is 2.13. The van der Waals surface area contributed by atoms with Crippen LogP contribution >= 0.6 is 11.5 Å². The summed E-state index contributed by atoms with van der Waals surface area (Å²) in [5.41, 5.74) is 1.35. The molecule has 0 atom stereocenters. The Morgan fingerprint density at radius 3 is 3.00 bits per heavy atom. The Labute approximate surface area is 115 Å². The molecule has 0 spiro atoms. The Morgan fingerprint density at radius 1 is 1.42 bits per heavy atom. The van der Waals surface area contributed by atoms with Crippen LogP contribution in [0.5, 0.6) is 5.75 Å². The normalized spacial score (nSPS) is 10.5. The van der Waals surface area contributed by atoms with E-state index in [1.807, 2.05) is 0 Å². The molecule has 0 amide bonds. The molecule has 1 aromatic carbocycles. The van der Waals surface area contributed by atoms with Crippen molar-refractivity contribution >= 4 is 16.5 Å². The number of ether oxygens (including phenoxy) is 1. The second-order valence-electron chi connectivity index (χ2n) is 4.18. The molecule has 0 fully saturated rings. The molecule has 19 heavy (non-hydrogen) atoms. The highest BCUT2D eigenvalue weighted by atomic mass is 32.1. The highest BCUT2D eigenvalue weighted by Gasteiger charge is 2.08. The minimum Gasteiger partial charge on any atom is -0.487 e. The number of aryl methyl sites for hydroxylation is 1. The third-order valence-corrected chi connectivity index (χ3v) is 3.32. The van der Waals surface area contributed by atoms with Gasteiger partial charge in [0.15, 0.2) is 0 Å². The van der Waals surface area contributed by atoms with Crippen molar-refractivity contribution in [2.24, 2.45) is 0 Å². The van der Waals surface area contributed by atoms with Gasteiger partial charge in [0, 0.05) is 18.1 Å². The summed E-state index contributed by atoms with van der Waals surface area (Å²) in [5.74, 6) is 0.404. The molecule has 0 aliphatic rings. The van der Waals surface area contributed by atoms with Gasteiger partial charge in [-0.2, -0.15) is 0 Å². The van der Waals surface area contributed by atoms with E-state index in [0.717, 1.165) is 23.7 Å². The molecule has 1 heterocycles. The number of hydrogen-bond acceptors (Lipinski definition) is 5. The molecule has 0 aliphatic carbocycles. The smallest absolute Gasteiger partial charge is 0.136 e. The van der Waals surface area contributed by atoms with E-state index < -0.39 is 0 Å². The van der Waals surface area contributed by atoms with Crippen LogP contribution in [0.2, 0.25) is 0 Å². The van der Waals surface area contributed by atoms with Crippen LogP contribution in [0.3, 0.4) is 0 Å². The maximum atomic E-state index is 13.1. The first kappa shape index (κ1) is 13.7. The topological polar surface area (TPSA) is 47.0 Å². The molecule has 1 aromatic heterocycles. The van der Waals surface area contributed by atoms with E-state index in [2.05, 4.69) is 21.8 Å². The van der Waals surface area contributed by atoms with E-state index in [0.29, 0.717) is 17.9 Å². The van der Waals surface area contributed by atoms with E-state index >= 15 is 0 Å². The van der Waals surface area contributed by atoms with Gasteiger partial charge >= 0.3 is 0 Å². The van der Waals surface area contributed by atoms with Crippen LogP contribution in [-0.4, -0.2) is 16.1 Å². The lowest BCUT2D eigenvalue weighted by molar-refractivity contribution is 0.301. The molecule has 0 saturated heterocycles. The van der Waals surface area contributed by atoms with Gasteiger partial charge in [0.25, 0.3) is 0 Å². The number of benzene rings is 1. The number of nitrogens with zero attached hydrogens (tertiary/aromatic N) is 2. The summed E-state index contributed by atoms with van der Waals surface area (Å²) >= 11 is 1.32. The van der Waals surface area contributed by atoms with E-state index in [4.69, 9.17) is 4.74 Å². The SMILES string of the molecule is CCCNc1snnc1COc1ccc(F)c(C)c1. The largest absolute Gasteiger partial charge is 0.487 e. The first-order valence-electron chi connectivity index (χ1n) is 6.14. The van der Waals surface area contributed by atoms with Crippen LogP contribution in [0.4, 0.5) is 9.39 Å². The fraction of sp³-hybridized carbons (Fsp3) is 0.385. The third-order valence-electron chi connectivity index (χ3n) is 2.60. The van der Waals surface area contributed by atoms with Crippen LogP contribution in [0.1, 0.15) is 24.6 Å². The zero-order valence-electron chi connectivity index (χ0n) is 10.9. The molecule has 6 heteroatoms. The lowest BCUT2D eigenvalue weighted by atomic mass is 10.2. The zero-order chi connectivity index (χ0) is 13.7. The number of rotatable bonds is 6. The summed E-state index contributed by atoms with van der Waals surface area (Å²) in [6, 6.07) is 4.69. The van der Waals surface area contributed by atoms with Crippen molar-refractivity contribution in [1.29, 1.82) is 0 Å². The Bertz CT molecular complexity index is 544. The molecule has 0 aliphatic heterocycles. The van der Waals surface area contributed by atoms with Crippen molar-refractivity contribution < 1.29 is 9.13 Å². The Hall–Kier alpha value is -1.69. The molecule has 102 valence electrons. The first-order chi connectivity index (χ1) is 9.20. The molecule has 0 bridgehead atoms. The van der Waals surface area contributed by atoms with Gasteiger partial charge in [0.1, 0.15) is 28.9 Å². The van der Waals surface area contributed by atoms with E-state index in [1.54, 1.807) is 19.1 Å². The Morgan fingerprint density at radius 2 is 2.26 bits per heavy atom. The van der Waals surface area contributed by atoms with Gasteiger partial charge in [-0.1, -0.05) is 11.4 Å². The van der Waals surface area contributed by atoms with Gasteiger partial charge in [-0.05, 0) is 37.1 Å². The number of anilines is 1. The van der Waals surface area contributed by atoms with Crippen molar-refractivity contribution in [2.45, 2.75) is 26.9 Å². The fourth-order valence-electron chi connectivity index (χ4n) is 1.53. The van der Waals surface area contributed by atoms with Gasteiger partial charge in [0.2, 0.25) is 0 Å². The summed E-state index contributed by atoms with van der Waals surface area (Å²) in [7, 11) is 0. The summed E-state index contributed by atoms with van der Waals surface area (Å²) in [6.07, 6.45) is 1.04. The minimum absolute atomic E-state index is 0.229. The monoisotopic (exact) mass is 281 g/mol. The van der Waals surface area contributed by atoms with Gasteiger partial charge in [0.05, 0.1) is 0 Å². The average molecular weight is 281 g/mol. The summed E-state index contributed by atoms with van der Waals surface area (Å²) in [6.45, 7) is 5.01. The molecule has 4 nitrogen and oxygen atoms in total. The predicted octanol–water partition coefficient (Wildman–Crippen LogP) is 3.39. The van der Waals surface area contributed by atoms with Gasteiger partial charge in [-0.3, -0.25) is 0 Å². The molecule has 0 saturated carbocycles. The van der Waals surface area contributed by atoms with E-state index in [-0.39, 0.29) is 5.82 Å². The second-order valence-corrected chi connectivity index (χ2v) is 4.93. The molecular weight excluding hydrogens is 265 g/mol. The minimum atomic E-state index is -0.229. The third kappa shape index (κ3) is 3.64. The van der Waals surface area contributed by atoms with Crippen molar-refractivity contribution in [3.63, 3.8) is 0 Å². The second kappa shape index (κ2) is 6.47. The van der Waals surface area contributed by atoms with Gasteiger partial charge in [-0.25, -0.2) is 4.39 Å². The predicted molar refractivity (Wildman–Crippen MR) is 74.2 cm³/mol. The van der Waals surface area contributed by atoms with Crippen LogP contribution in [0.25, 0.3) is 0 Å². The molecule has 2 aromatic rings. The zero-order valence-corrected chi connectivity index (χ0v) is 11.8. The first-order valence-corrected chi connectivity index (χ1v) is 6.92. The number of aromatic nitrogens is 2. The molecule has 1 N–H and O–H groups in total. The van der Waals surface area contributed by atoms with Crippen LogP contribution in [0, 0.1) is 12.7 Å². The van der Waals surface area contributed by atoms with Crippen LogP contribution in [-0.2, 0) is 6.61 Å². The molecule has 2 rings (SSSR count). The number of nitrogens with one attached hydrogen (secondary N) is 1. The van der Waals surface area contributed by atoms with E-state index in [1.165, 1.54) is 17.6 Å².